The minimum Gasteiger partial charge on any atom is -0.461 e. The van der Waals surface area contributed by atoms with Crippen molar-refractivity contribution < 1.29 is 14.3 Å². The van der Waals surface area contributed by atoms with Gasteiger partial charge in [-0.25, -0.2) is 0 Å². The maximum absolute atomic E-state index is 12.0. The van der Waals surface area contributed by atoms with E-state index in [9.17, 15) is 9.59 Å². The summed E-state index contributed by atoms with van der Waals surface area (Å²) in [5.74, 6) is 0.642. The molecule has 0 spiro atoms. The normalized spacial score (nSPS) is 22.2. The predicted molar refractivity (Wildman–Crippen MR) is 77.0 cm³/mol. The number of ketones is 1. The highest BCUT2D eigenvalue weighted by molar-refractivity contribution is 5.76. The number of Topliss-reactive ketones (excluding diaryl/α,β-unsaturated/α-hetero) is 1. The Morgan fingerprint density at radius 2 is 1.75 bits per heavy atom. The molecule has 3 heteroatoms. The van der Waals surface area contributed by atoms with Crippen molar-refractivity contribution >= 4 is 11.8 Å². The fraction of sp³-hybridized carbons (Fsp3) is 0.529. The lowest BCUT2D eigenvalue weighted by atomic mass is 9.80. The Bertz CT molecular complexity index is 445. The Kier molecular flexibility index (Phi) is 5.33. The first-order chi connectivity index (χ1) is 9.65. The largest absolute Gasteiger partial charge is 0.461 e. The number of esters is 1. The molecule has 1 aliphatic rings. The first-order valence-corrected chi connectivity index (χ1v) is 7.35. The van der Waals surface area contributed by atoms with Gasteiger partial charge in [-0.05, 0) is 44.1 Å². The van der Waals surface area contributed by atoms with Gasteiger partial charge in [-0.1, -0.05) is 30.3 Å². The molecule has 20 heavy (non-hydrogen) atoms. The number of carbonyl (C=O) groups excluding carboxylic acids is 2. The van der Waals surface area contributed by atoms with E-state index >= 15 is 0 Å². The third-order valence-electron chi connectivity index (χ3n) is 3.98. The summed E-state index contributed by atoms with van der Waals surface area (Å²) >= 11 is 0. The van der Waals surface area contributed by atoms with E-state index in [4.69, 9.17) is 4.74 Å². The van der Waals surface area contributed by atoms with Crippen molar-refractivity contribution in [1.82, 2.24) is 0 Å². The monoisotopic (exact) mass is 274 g/mol. The summed E-state index contributed by atoms with van der Waals surface area (Å²) in [6.07, 6.45) is 4.29. The van der Waals surface area contributed by atoms with Crippen LogP contribution >= 0.6 is 0 Å². The van der Waals surface area contributed by atoms with Crippen molar-refractivity contribution in [2.24, 2.45) is 11.8 Å². The van der Waals surface area contributed by atoms with E-state index in [1.807, 2.05) is 30.3 Å². The van der Waals surface area contributed by atoms with Crippen molar-refractivity contribution in [3.8, 4) is 0 Å². The second kappa shape index (κ2) is 7.22. The molecule has 0 unspecified atom stereocenters. The van der Waals surface area contributed by atoms with E-state index in [0.717, 1.165) is 31.2 Å². The zero-order chi connectivity index (χ0) is 14.4. The maximum Gasteiger partial charge on any atom is 0.309 e. The number of rotatable bonds is 5. The van der Waals surface area contributed by atoms with Gasteiger partial charge in [0.15, 0.2) is 0 Å². The topological polar surface area (TPSA) is 43.4 Å². The first kappa shape index (κ1) is 14.8. The molecular formula is C17H22O3. The Morgan fingerprint density at radius 3 is 2.35 bits per heavy atom. The van der Waals surface area contributed by atoms with Crippen molar-refractivity contribution in [1.29, 1.82) is 0 Å². The lowest BCUT2D eigenvalue weighted by molar-refractivity contribution is -0.151. The van der Waals surface area contributed by atoms with Crippen LogP contribution in [0.5, 0.6) is 0 Å². The highest BCUT2D eigenvalue weighted by Crippen LogP contribution is 2.31. The summed E-state index contributed by atoms with van der Waals surface area (Å²) in [7, 11) is 0. The molecule has 3 nitrogen and oxygen atoms in total. The molecule has 1 aromatic rings. The maximum atomic E-state index is 12.0. The van der Waals surface area contributed by atoms with Crippen molar-refractivity contribution in [2.75, 3.05) is 0 Å². The molecule has 1 saturated carbocycles. The zero-order valence-electron chi connectivity index (χ0n) is 12.0. The number of hydrogen-bond donors (Lipinski definition) is 0. The lowest BCUT2D eigenvalue weighted by Gasteiger charge is -2.26. The summed E-state index contributed by atoms with van der Waals surface area (Å²) in [5, 5.41) is 0. The Hall–Kier alpha value is -1.64. The molecule has 1 fully saturated rings. The standard InChI is InChI=1S/C17H22O3/c1-13(18)11-14-7-9-16(10-8-14)17(19)20-12-15-5-3-2-4-6-15/h2-6,14,16H,7-12H2,1H3/t14-,16-. The van der Waals surface area contributed by atoms with E-state index in [1.54, 1.807) is 6.92 Å². The Labute approximate surface area is 120 Å². The SMILES string of the molecule is CC(=O)C[C@H]1CC[C@H](C(=O)OCc2ccccc2)CC1. The average molecular weight is 274 g/mol. The molecule has 0 aliphatic heterocycles. The summed E-state index contributed by atoms with van der Waals surface area (Å²) < 4.78 is 5.38. The van der Waals surface area contributed by atoms with Crippen molar-refractivity contribution in [3.05, 3.63) is 35.9 Å². The molecule has 0 atom stereocenters. The minimum absolute atomic E-state index is 0.0157. The van der Waals surface area contributed by atoms with Gasteiger partial charge in [0.1, 0.15) is 12.4 Å². The molecule has 0 bridgehead atoms. The summed E-state index contributed by atoms with van der Waals surface area (Å²) in [4.78, 5) is 23.1. The number of benzene rings is 1. The van der Waals surface area contributed by atoms with Crippen LogP contribution < -0.4 is 0 Å². The first-order valence-electron chi connectivity index (χ1n) is 7.35. The molecule has 1 aromatic carbocycles. The summed E-state index contributed by atoms with van der Waals surface area (Å²) in [5.41, 5.74) is 1.02. The van der Waals surface area contributed by atoms with E-state index in [-0.39, 0.29) is 17.7 Å². The van der Waals surface area contributed by atoms with Crippen LogP contribution in [0.1, 0.15) is 44.6 Å². The number of carbonyl (C=O) groups is 2. The number of ether oxygens (including phenoxy) is 1. The van der Waals surface area contributed by atoms with Crippen LogP contribution in [0.2, 0.25) is 0 Å². The van der Waals surface area contributed by atoms with Crippen LogP contribution in [0.25, 0.3) is 0 Å². The molecule has 0 saturated heterocycles. The zero-order valence-corrected chi connectivity index (χ0v) is 12.0. The van der Waals surface area contributed by atoms with Gasteiger partial charge < -0.3 is 9.53 Å². The lowest BCUT2D eigenvalue weighted by Crippen LogP contribution is -2.24. The predicted octanol–water partition coefficient (Wildman–Crippen LogP) is 3.52. The third kappa shape index (κ3) is 4.48. The van der Waals surface area contributed by atoms with Crippen LogP contribution in [0.4, 0.5) is 0 Å². The highest BCUT2D eigenvalue weighted by Gasteiger charge is 2.27. The molecule has 108 valence electrons. The van der Waals surface area contributed by atoms with Crippen molar-refractivity contribution in [3.63, 3.8) is 0 Å². The smallest absolute Gasteiger partial charge is 0.309 e. The van der Waals surface area contributed by atoms with Gasteiger partial charge in [0, 0.05) is 6.42 Å². The molecule has 0 heterocycles. The molecular weight excluding hydrogens is 252 g/mol. The average Bonchev–Trinajstić information content (AvgIpc) is 2.46. The molecule has 0 aromatic heterocycles. The summed E-state index contributed by atoms with van der Waals surface area (Å²) in [6.45, 7) is 1.99. The van der Waals surface area contributed by atoms with Gasteiger partial charge in [0.05, 0.1) is 5.92 Å². The Balaban J connectivity index is 1.73. The van der Waals surface area contributed by atoms with Gasteiger partial charge in [-0.3, -0.25) is 4.79 Å². The second-order valence-corrected chi connectivity index (χ2v) is 5.72. The van der Waals surface area contributed by atoms with Crippen LogP contribution in [-0.4, -0.2) is 11.8 Å². The molecule has 0 N–H and O–H groups in total. The molecule has 0 amide bonds. The van der Waals surface area contributed by atoms with Gasteiger partial charge in [-0.2, -0.15) is 0 Å². The fourth-order valence-corrected chi connectivity index (χ4v) is 2.86. The quantitative estimate of drug-likeness (QED) is 0.772. The highest BCUT2D eigenvalue weighted by atomic mass is 16.5. The summed E-state index contributed by atoms with van der Waals surface area (Å²) in [6, 6.07) is 9.74. The van der Waals surface area contributed by atoms with Crippen LogP contribution in [0, 0.1) is 11.8 Å². The fourth-order valence-electron chi connectivity index (χ4n) is 2.86. The van der Waals surface area contributed by atoms with E-state index in [1.165, 1.54) is 0 Å². The minimum atomic E-state index is -0.0878. The molecule has 0 radical (unpaired) electrons. The van der Waals surface area contributed by atoms with Crippen LogP contribution in [0.3, 0.4) is 0 Å². The van der Waals surface area contributed by atoms with E-state index in [2.05, 4.69) is 0 Å². The second-order valence-electron chi connectivity index (χ2n) is 5.72. The van der Waals surface area contributed by atoms with E-state index in [0.29, 0.717) is 18.9 Å². The van der Waals surface area contributed by atoms with Gasteiger partial charge in [0.2, 0.25) is 0 Å². The molecule has 2 rings (SSSR count). The van der Waals surface area contributed by atoms with Crippen molar-refractivity contribution in [2.45, 2.75) is 45.6 Å². The third-order valence-corrected chi connectivity index (χ3v) is 3.98. The van der Waals surface area contributed by atoms with Crippen LogP contribution in [0.15, 0.2) is 30.3 Å². The van der Waals surface area contributed by atoms with E-state index < -0.39 is 0 Å². The van der Waals surface area contributed by atoms with Crippen LogP contribution in [-0.2, 0) is 20.9 Å². The molecule has 1 aliphatic carbocycles. The van der Waals surface area contributed by atoms with Gasteiger partial charge in [-0.15, -0.1) is 0 Å². The Morgan fingerprint density at radius 1 is 1.10 bits per heavy atom. The van der Waals surface area contributed by atoms with Gasteiger partial charge in [0.25, 0.3) is 0 Å². The van der Waals surface area contributed by atoms with Gasteiger partial charge >= 0.3 is 5.97 Å². The number of hydrogen-bond acceptors (Lipinski definition) is 3.